The Balaban J connectivity index is 1.39. The molecule has 1 saturated heterocycles. The molecule has 2 amide bonds. The van der Waals surface area contributed by atoms with Crippen LogP contribution in [-0.2, 0) is 4.79 Å². The molecular formula is C24H26N4O5. The van der Waals surface area contributed by atoms with Crippen LogP contribution in [0.25, 0.3) is 11.4 Å². The molecule has 9 heteroatoms. The molecule has 0 aliphatic carbocycles. The number of likely N-dealkylation sites (tertiary alicyclic amines) is 1. The Labute approximate surface area is 191 Å². The molecule has 2 aromatic carbocycles. The van der Waals surface area contributed by atoms with Gasteiger partial charge in [0.25, 0.3) is 5.91 Å². The first-order valence-electron chi connectivity index (χ1n) is 10.7. The predicted molar refractivity (Wildman–Crippen MR) is 121 cm³/mol. The predicted octanol–water partition coefficient (Wildman–Crippen LogP) is 3.73. The van der Waals surface area contributed by atoms with Crippen molar-refractivity contribution in [3.8, 4) is 22.9 Å². The molecule has 4 rings (SSSR count). The molecular weight excluding hydrogens is 424 g/mol. The lowest BCUT2D eigenvalue weighted by Crippen LogP contribution is -2.38. The average Bonchev–Trinajstić information content (AvgIpc) is 3.33. The lowest BCUT2D eigenvalue weighted by Gasteiger charge is -2.30. The number of nitrogens with zero attached hydrogens (tertiary/aromatic N) is 3. The molecule has 1 aromatic heterocycles. The molecule has 172 valence electrons. The number of benzene rings is 2. The summed E-state index contributed by atoms with van der Waals surface area (Å²) in [6, 6.07) is 12.4. The summed E-state index contributed by atoms with van der Waals surface area (Å²) in [6.07, 6.45) is 1.46. The Bertz CT molecular complexity index is 1110. The molecule has 0 saturated carbocycles. The number of aromatic nitrogens is 2. The summed E-state index contributed by atoms with van der Waals surface area (Å²) in [4.78, 5) is 30.6. The van der Waals surface area contributed by atoms with E-state index < -0.39 is 0 Å². The fourth-order valence-electron chi connectivity index (χ4n) is 3.87. The molecule has 1 N–H and O–H groups in total. The van der Waals surface area contributed by atoms with Crippen molar-refractivity contribution in [1.29, 1.82) is 0 Å². The van der Waals surface area contributed by atoms with Gasteiger partial charge in [-0.25, -0.2) is 0 Å². The minimum atomic E-state index is -0.125. The number of ether oxygens (including phenoxy) is 2. The van der Waals surface area contributed by atoms with Gasteiger partial charge >= 0.3 is 0 Å². The Morgan fingerprint density at radius 2 is 1.67 bits per heavy atom. The summed E-state index contributed by atoms with van der Waals surface area (Å²) < 4.78 is 16.1. The largest absolute Gasteiger partial charge is 0.497 e. The van der Waals surface area contributed by atoms with E-state index in [1.54, 1.807) is 44.6 Å². The van der Waals surface area contributed by atoms with E-state index in [-0.39, 0.29) is 17.7 Å². The standard InChI is InChI=1S/C24H26N4O5/c1-15(29)25-19-6-4-16(5-7-19)22-26-23(33-27-22)17-8-10-28(11-9-17)24(30)18-12-20(31-2)14-21(13-18)32-3/h4-7,12-14,17H,8-11H2,1-3H3,(H,25,29). The Hall–Kier alpha value is -3.88. The normalized spacial score (nSPS) is 14.1. The first kappa shape index (κ1) is 22.3. The van der Waals surface area contributed by atoms with Crippen LogP contribution in [0.3, 0.4) is 0 Å². The molecule has 1 aliphatic heterocycles. The number of nitrogens with one attached hydrogen (secondary N) is 1. The third kappa shape index (κ3) is 5.14. The van der Waals surface area contributed by atoms with E-state index in [0.29, 0.717) is 47.6 Å². The van der Waals surface area contributed by atoms with Crippen LogP contribution in [0, 0.1) is 0 Å². The summed E-state index contributed by atoms with van der Waals surface area (Å²) >= 11 is 0. The smallest absolute Gasteiger partial charge is 0.254 e. The maximum absolute atomic E-state index is 13.0. The van der Waals surface area contributed by atoms with Crippen LogP contribution in [-0.4, -0.2) is 54.2 Å². The molecule has 1 fully saturated rings. The summed E-state index contributed by atoms with van der Waals surface area (Å²) in [6.45, 7) is 2.64. The van der Waals surface area contributed by atoms with Crippen molar-refractivity contribution in [2.75, 3.05) is 32.6 Å². The van der Waals surface area contributed by atoms with Crippen LogP contribution in [0.1, 0.15) is 41.9 Å². The lowest BCUT2D eigenvalue weighted by atomic mass is 9.96. The van der Waals surface area contributed by atoms with Crippen molar-refractivity contribution in [1.82, 2.24) is 15.0 Å². The zero-order valence-electron chi connectivity index (χ0n) is 18.8. The second-order valence-electron chi connectivity index (χ2n) is 7.88. The summed E-state index contributed by atoms with van der Waals surface area (Å²) in [7, 11) is 3.12. The molecule has 0 bridgehead atoms. The van der Waals surface area contributed by atoms with Crippen molar-refractivity contribution in [2.24, 2.45) is 0 Å². The number of amides is 2. The van der Waals surface area contributed by atoms with Gasteiger partial charge in [-0.15, -0.1) is 0 Å². The molecule has 3 aromatic rings. The topological polar surface area (TPSA) is 107 Å². The van der Waals surface area contributed by atoms with Crippen LogP contribution in [0.15, 0.2) is 47.0 Å². The van der Waals surface area contributed by atoms with Crippen molar-refractivity contribution in [3.63, 3.8) is 0 Å². The maximum atomic E-state index is 13.0. The Kier molecular flexibility index (Phi) is 6.58. The van der Waals surface area contributed by atoms with Crippen LogP contribution in [0.2, 0.25) is 0 Å². The molecule has 2 heterocycles. The third-order valence-corrected chi connectivity index (χ3v) is 5.64. The van der Waals surface area contributed by atoms with E-state index in [1.807, 2.05) is 17.0 Å². The van der Waals surface area contributed by atoms with E-state index >= 15 is 0 Å². The first-order chi connectivity index (χ1) is 16.0. The SMILES string of the molecule is COc1cc(OC)cc(C(=O)N2CCC(c3nc(-c4ccc(NC(C)=O)cc4)no3)CC2)c1. The highest BCUT2D eigenvalue weighted by Crippen LogP contribution is 2.30. The van der Waals surface area contributed by atoms with E-state index in [0.717, 1.165) is 18.4 Å². The fourth-order valence-corrected chi connectivity index (χ4v) is 3.87. The fraction of sp³-hybridized carbons (Fsp3) is 0.333. The van der Waals surface area contributed by atoms with Gasteiger partial charge in [-0.2, -0.15) is 4.98 Å². The summed E-state index contributed by atoms with van der Waals surface area (Å²) in [5.74, 6) is 2.14. The van der Waals surface area contributed by atoms with Crippen molar-refractivity contribution in [2.45, 2.75) is 25.7 Å². The highest BCUT2D eigenvalue weighted by atomic mass is 16.5. The van der Waals surface area contributed by atoms with Gasteiger partial charge in [0.1, 0.15) is 11.5 Å². The number of carbonyl (C=O) groups excluding carboxylic acids is 2. The van der Waals surface area contributed by atoms with Crippen LogP contribution < -0.4 is 14.8 Å². The maximum Gasteiger partial charge on any atom is 0.254 e. The monoisotopic (exact) mass is 450 g/mol. The van der Waals surface area contributed by atoms with Gasteiger partial charge in [0.05, 0.1) is 14.2 Å². The summed E-state index contributed by atoms with van der Waals surface area (Å²) in [5.41, 5.74) is 2.05. The zero-order valence-corrected chi connectivity index (χ0v) is 18.8. The second kappa shape index (κ2) is 9.72. The second-order valence-corrected chi connectivity index (χ2v) is 7.88. The van der Waals surface area contributed by atoms with Gasteiger partial charge in [-0.05, 0) is 49.2 Å². The van der Waals surface area contributed by atoms with Crippen LogP contribution in [0.5, 0.6) is 11.5 Å². The number of hydrogen-bond acceptors (Lipinski definition) is 7. The van der Waals surface area contributed by atoms with Gasteiger partial charge in [0, 0.05) is 48.8 Å². The van der Waals surface area contributed by atoms with Crippen molar-refractivity contribution in [3.05, 3.63) is 53.9 Å². The van der Waals surface area contributed by atoms with E-state index in [1.165, 1.54) is 6.92 Å². The lowest BCUT2D eigenvalue weighted by molar-refractivity contribution is -0.114. The van der Waals surface area contributed by atoms with E-state index in [2.05, 4.69) is 15.5 Å². The molecule has 33 heavy (non-hydrogen) atoms. The highest BCUT2D eigenvalue weighted by Gasteiger charge is 2.28. The third-order valence-electron chi connectivity index (χ3n) is 5.64. The number of rotatable bonds is 6. The van der Waals surface area contributed by atoms with Gasteiger partial charge in [-0.3, -0.25) is 9.59 Å². The first-order valence-corrected chi connectivity index (χ1v) is 10.7. The summed E-state index contributed by atoms with van der Waals surface area (Å²) in [5, 5.41) is 6.84. The van der Waals surface area contributed by atoms with E-state index in [9.17, 15) is 9.59 Å². The van der Waals surface area contributed by atoms with Crippen molar-refractivity contribution >= 4 is 17.5 Å². The van der Waals surface area contributed by atoms with Gasteiger partial charge in [0.2, 0.25) is 17.6 Å². The average molecular weight is 450 g/mol. The number of carbonyl (C=O) groups is 2. The Morgan fingerprint density at radius 1 is 1.03 bits per heavy atom. The number of anilines is 1. The molecule has 0 radical (unpaired) electrons. The molecule has 9 nitrogen and oxygen atoms in total. The minimum Gasteiger partial charge on any atom is -0.497 e. The number of hydrogen-bond donors (Lipinski definition) is 1. The van der Waals surface area contributed by atoms with Crippen molar-refractivity contribution < 1.29 is 23.6 Å². The van der Waals surface area contributed by atoms with Gasteiger partial charge in [0.15, 0.2) is 0 Å². The molecule has 0 atom stereocenters. The van der Waals surface area contributed by atoms with Gasteiger partial charge < -0.3 is 24.2 Å². The molecule has 1 aliphatic rings. The highest BCUT2D eigenvalue weighted by molar-refractivity contribution is 5.95. The molecule has 0 unspecified atom stereocenters. The van der Waals surface area contributed by atoms with E-state index in [4.69, 9.17) is 14.0 Å². The molecule has 0 spiro atoms. The quantitative estimate of drug-likeness (QED) is 0.610. The minimum absolute atomic E-state index is 0.0591. The van der Waals surface area contributed by atoms with Crippen LogP contribution >= 0.6 is 0 Å². The Morgan fingerprint density at radius 3 is 2.24 bits per heavy atom. The van der Waals surface area contributed by atoms with Crippen LogP contribution in [0.4, 0.5) is 5.69 Å². The number of methoxy groups -OCH3 is 2. The number of piperidine rings is 1. The van der Waals surface area contributed by atoms with Gasteiger partial charge in [-0.1, -0.05) is 5.16 Å². The zero-order chi connectivity index (χ0) is 23.4.